The van der Waals surface area contributed by atoms with Crippen LogP contribution in [0.5, 0.6) is 0 Å². The van der Waals surface area contributed by atoms with Crippen molar-refractivity contribution in [3.05, 3.63) is 36.5 Å². The molecule has 0 aliphatic rings. The van der Waals surface area contributed by atoms with Gasteiger partial charge < -0.3 is 20.3 Å². The second kappa shape index (κ2) is 73.5. The van der Waals surface area contributed by atoms with E-state index in [0.717, 1.165) is 51.4 Å². The Kier molecular flexibility index (Phi) is 71.9. The Morgan fingerprint density at radius 3 is 0.917 bits per heavy atom. The van der Waals surface area contributed by atoms with Crippen molar-refractivity contribution in [1.82, 2.24) is 5.32 Å². The third-order valence-corrected chi connectivity index (χ3v) is 17.9. The van der Waals surface area contributed by atoms with E-state index < -0.39 is 12.1 Å². The molecule has 0 aromatic carbocycles. The number of hydrogen-bond donors (Lipinski definition) is 3. The molecule has 0 spiro atoms. The van der Waals surface area contributed by atoms with Gasteiger partial charge in [-0.05, 0) is 83.5 Å². The number of esters is 1. The van der Waals surface area contributed by atoms with Crippen molar-refractivity contribution in [1.29, 1.82) is 0 Å². The Labute approximate surface area is 525 Å². The Balaban J connectivity index is 3.35. The molecule has 0 fully saturated rings. The summed E-state index contributed by atoms with van der Waals surface area (Å²) in [5.41, 5.74) is 0. The topological polar surface area (TPSA) is 95.9 Å². The van der Waals surface area contributed by atoms with Crippen molar-refractivity contribution in [2.75, 3.05) is 13.2 Å². The quantitative estimate of drug-likeness (QED) is 0.0320. The average molecular weight is 1180 g/mol. The summed E-state index contributed by atoms with van der Waals surface area (Å²) in [6.07, 6.45) is 95.1. The first-order valence-electron chi connectivity index (χ1n) is 38.2. The molecule has 0 aromatic heterocycles. The number of allylic oxidation sites excluding steroid dienone is 6. The highest BCUT2D eigenvalue weighted by Crippen LogP contribution is 2.19. The van der Waals surface area contributed by atoms with Gasteiger partial charge in [-0.15, -0.1) is 0 Å². The largest absolute Gasteiger partial charge is 0.466 e. The molecule has 2 unspecified atom stereocenters. The minimum absolute atomic E-state index is 0.0145. The summed E-state index contributed by atoms with van der Waals surface area (Å²) in [6.45, 7) is 4.98. The zero-order chi connectivity index (χ0) is 60.6. The maximum atomic E-state index is 12.5. The van der Waals surface area contributed by atoms with Gasteiger partial charge in [-0.3, -0.25) is 9.59 Å². The second-order valence-electron chi connectivity index (χ2n) is 26.3. The van der Waals surface area contributed by atoms with Crippen molar-refractivity contribution in [2.24, 2.45) is 0 Å². The van der Waals surface area contributed by atoms with E-state index in [4.69, 9.17) is 4.74 Å². The molecule has 0 bridgehead atoms. The molecule has 6 heteroatoms. The van der Waals surface area contributed by atoms with Gasteiger partial charge in [0.2, 0.25) is 5.91 Å². The molecule has 84 heavy (non-hydrogen) atoms. The van der Waals surface area contributed by atoms with Gasteiger partial charge >= 0.3 is 5.97 Å². The third kappa shape index (κ3) is 69.2. The molecule has 1 amide bonds. The lowest BCUT2D eigenvalue weighted by atomic mass is 10.0. The number of amides is 1. The van der Waals surface area contributed by atoms with Crippen LogP contribution in [-0.4, -0.2) is 47.4 Å². The molecule has 0 aliphatic carbocycles. The van der Waals surface area contributed by atoms with Gasteiger partial charge in [-0.2, -0.15) is 0 Å². The van der Waals surface area contributed by atoms with Gasteiger partial charge in [0.15, 0.2) is 0 Å². The zero-order valence-corrected chi connectivity index (χ0v) is 56.9. The first-order valence-corrected chi connectivity index (χ1v) is 38.2. The van der Waals surface area contributed by atoms with Crippen LogP contribution >= 0.6 is 0 Å². The van der Waals surface area contributed by atoms with E-state index in [9.17, 15) is 19.8 Å². The van der Waals surface area contributed by atoms with Crippen LogP contribution in [0.4, 0.5) is 0 Å². The summed E-state index contributed by atoms with van der Waals surface area (Å²) < 4.78 is 5.51. The monoisotopic (exact) mass is 1180 g/mol. The molecule has 0 aliphatic heterocycles. The number of carbonyl (C=O) groups excluding carboxylic acids is 2. The number of nitrogens with one attached hydrogen (secondary N) is 1. The molecule has 3 N–H and O–H groups in total. The molecule has 2 atom stereocenters. The summed E-state index contributed by atoms with van der Waals surface area (Å²) >= 11 is 0. The van der Waals surface area contributed by atoms with E-state index in [0.29, 0.717) is 25.9 Å². The number of rotatable bonds is 72. The van der Waals surface area contributed by atoms with Crippen LogP contribution in [0.1, 0.15) is 425 Å². The summed E-state index contributed by atoms with van der Waals surface area (Å²) in [5.74, 6) is -0.0156. The Bertz CT molecular complexity index is 1360. The van der Waals surface area contributed by atoms with Gasteiger partial charge in [-0.1, -0.05) is 365 Å². The minimum Gasteiger partial charge on any atom is -0.466 e. The maximum absolute atomic E-state index is 12.5. The number of aliphatic hydroxyl groups is 2. The molecule has 496 valence electrons. The zero-order valence-electron chi connectivity index (χ0n) is 56.9. The fourth-order valence-electron chi connectivity index (χ4n) is 12.1. The van der Waals surface area contributed by atoms with Crippen molar-refractivity contribution >= 4 is 11.9 Å². The van der Waals surface area contributed by atoms with Crippen LogP contribution in [-0.2, 0) is 14.3 Å². The highest BCUT2D eigenvalue weighted by Gasteiger charge is 2.20. The molecular weight excluding hydrogens is 1030 g/mol. The smallest absolute Gasteiger partial charge is 0.305 e. The standard InChI is InChI=1S/C78H149NO5/c1-3-5-7-9-11-13-15-17-19-20-41-44-48-52-56-60-64-68-72-78(83)84-73-69-65-61-57-53-49-45-42-39-37-35-33-31-29-27-25-23-21-22-24-26-28-30-32-34-36-38-40-43-47-51-55-59-63-67-71-77(82)79-75(74-80)76(81)70-66-62-58-54-50-46-18-16-14-12-10-8-6-4-2/h19-20,23,25,29,31,75-76,80-81H,3-18,21-22,24,26-28,30,32-74H2,1-2H3,(H,79,82)/b20-19-,25-23-,31-29-. The number of ether oxygens (including phenoxy) is 1. The summed E-state index contributed by atoms with van der Waals surface area (Å²) in [6, 6.07) is -0.539. The van der Waals surface area contributed by atoms with E-state index in [1.54, 1.807) is 0 Å². The van der Waals surface area contributed by atoms with E-state index in [1.807, 2.05) is 0 Å². The summed E-state index contributed by atoms with van der Waals surface area (Å²) in [7, 11) is 0. The van der Waals surface area contributed by atoms with Crippen molar-refractivity contribution in [3.8, 4) is 0 Å². The highest BCUT2D eigenvalue weighted by molar-refractivity contribution is 5.76. The maximum Gasteiger partial charge on any atom is 0.305 e. The molecule has 6 nitrogen and oxygen atoms in total. The minimum atomic E-state index is -0.662. The molecular formula is C78H149NO5. The molecule has 0 radical (unpaired) electrons. The number of hydrogen-bond acceptors (Lipinski definition) is 5. The Morgan fingerprint density at radius 2 is 0.595 bits per heavy atom. The van der Waals surface area contributed by atoms with E-state index >= 15 is 0 Å². The predicted molar refractivity (Wildman–Crippen MR) is 370 cm³/mol. The molecule has 0 saturated heterocycles. The van der Waals surface area contributed by atoms with Crippen LogP contribution in [0.25, 0.3) is 0 Å². The average Bonchev–Trinajstić information content (AvgIpc) is 3.54. The highest BCUT2D eigenvalue weighted by atomic mass is 16.5. The fourth-order valence-corrected chi connectivity index (χ4v) is 12.1. The van der Waals surface area contributed by atoms with Gasteiger partial charge in [0.1, 0.15) is 0 Å². The van der Waals surface area contributed by atoms with Crippen LogP contribution in [0.2, 0.25) is 0 Å². The van der Waals surface area contributed by atoms with Crippen LogP contribution in [0.3, 0.4) is 0 Å². The third-order valence-electron chi connectivity index (χ3n) is 17.9. The molecule has 0 rings (SSSR count). The lowest BCUT2D eigenvalue weighted by molar-refractivity contribution is -0.143. The summed E-state index contributed by atoms with van der Waals surface area (Å²) in [5, 5.41) is 23.3. The van der Waals surface area contributed by atoms with Gasteiger partial charge in [0, 0.05) is 12.8 Å². The van der Waals surface area contributed by atoms with E-state index in [-0.39, 0.29) is 18.5 Å². The van der Waals surface area contributed by atoms with E-state index in [1.165, 1.54) is 340 Å². The van der Waals surface area contributed by atoms with Crippen LogP contribution in [0, 0.1) is 0 Å². The fraction of sp³-hybridized carbons (Fsp3) is 0.897. The molecule has 0 saturated carbocycles. The van der Waals surface area contributed by atoms with Crippen LogP contribution < -0.4 is 5.32 Å². The lowest BCUT2D eigenvalue weighted by Gasteiger charge is -2.22. The Hall–Kier alpha value is -1.92. The summed E-state index contributed by atoms with van der Waals surface area (Å²) in [4.78, 5) is 24.6. The number of carbonyl (C=O) groups is 2. The Morgan fingerprint density at radius 1 is 0.333 bits per heavy atom. The van der Waals surface area contributed by atoms with Crippen molar-refractivity contribution in [3.63, 3.8) is 0 Å². The van der Waals surface area contributed by atoms with Crippen LogP contribution in [0.15, 0.2) is 36.5 Å². The normalized spacial score (nSPS) is 12.7. The SMILES string of the molecule is CCCCCCCCC/C=C\CCCCCCCCCC(=O)OCCCCCCCCCCCCC/C=C\C/C=C\CCCCCCCCCCCCCCCCCCCC(=O)NC(CO)C(O)CCCCCCCCCCCCCCCC. The van der Waals surface area contributed by atoms with Crippen molar-refractivity contribution in [2.45, 2.75) is 437 Å². The first kappa shape index (κ1) is 82.1. The second-order valence-corrected chi connectivity index (χ2v) is 26.3. The van der Waals surface area contributed by atoms with Crippen molar-refractivity contribution < 1.29 is 24.5 Å². The first-order chi connectivity index (χ1) is 41.5. The van der Waals surface area contributed by atoms with E-state index in [2.05, 4.69) is 55.6 Å². The number of aliphatic hydroxyl groups excluding tert-OH is 2. The van der Waals surface area contributed by atoms with Gasteiger partial charge in [0.05, 0.1) is 25.4 Å². The molecule has 0 heterocycles. The predicted octanol–water partition coefficient (Wildman–Crippen LogP) is 25.0. The van der Waals surface area contributed by atoms with Gasteiger partial charge in [-0.25, -0.2) is 0 Å². The number of unbranched alkanes of at least 4 members (excludes halogenated alkanes) is 55. The lowest BCUT2D eigenvalue weighted by Crippen LogP contribution is -2.45. The van der Waals surface area contributed by atoms with Gasteiger partial charge in [0.25, 0.3) is 0 Å². The molecule has 0 aromatic rings.